The summed E-state index contributed by atoms with van der Waals surface area (Å²) in [5.74, 6) is 36.5. The number of hydrogen-bond donors (Lipinski definition) is 0. The fourth-order valence-corrected chi connectivity index (χ4v) is 3.18. The van der Waals surface area contributed by atoms with E-state index in [-0.39, 0.29) is 0 Å². The third kappa shape index (κ3) is 38.5. The molecule has 0 aliphatic heterocycles. The van der Waals surface area contributed by atoms with Crippen LogP contribution in [0.2, 0.25) is 0 Å². The van der Waals surface area contributed by atoms with Crippen LogP contribution in [0.15, 0.2) is 0 Å². The average molecular weight is 467 g/mol. The van der Waals surface area contributed by atoms with Gasteiger partial charge in [0.1, 0.15) is 0 Å². The van der Waals surface area contributed by atoms with Gasteiger partial charge < -0.3 is 0 Å². The third-order valence-corrected chi connectivity index (χ3v) is 5.07. The lowest BCUT2D eigenvalue weighted by atomic mass is 10.0. The second kappa shape index (κ2) is 33.1. The van der Waals surface area contributed by atoms with E-state index in [9.17, 15) is 0 Å². The Morgan fingerprint density at radius 3 is 0.886 bits per heavy atom. The molecule has 0 aliphatic rings. The van der Waals surface area contributed by atoms with Crippen molar-refractivity contribution in [1.29, 1.82) is 0 Å². The van der Waals surface area contributed by atoms with Crippen molar-refractivity contribution < 1.29 is 0 Å². The molecule has 0 atom stereocenters. The molecule has 0 bridgehead atoms. The molecule has 0 spiro atoms. The van der Waals surface area contributed by atoms with Crippen molar-refractivity contribution in [3.8, 4) is 82.9 Å². The van der Waals surface area contributed by atoms with Crippen molar-refractivity contribution in [2.45, 2.75) is 131 Å². The fourth-order valence-electron chi connectivity index (χ4n) is 3.18. The van der Waals surface area contributed by atoms with Gasteiger partial charge in [0.05, 0.1) is 0 Å². The van der Waals surface area contributed by atoms with Gasteiger partial charge in [-0.25, -0.2) is 0 Å². The molecule has 0 saturated heterocycles. The molecule has 0 rings (SSSR count). The van der Waals surface area contributed by atoms with Gasteiger partial charge in [0.25, 0.3) is 0 Å². The highest BCUT2D eigenvalue weighted by Gasteiger charge is 1.95. The van der Waals surface area contributed by atoms with E-state index in [1.165, 1.54) is 96.3 Å². The van der Waals surface area contributed by atoms with Crippen LogP contribution in [0, 0.1) is 88.8 Å². The van der Waals surface area contributed by atoms with Gasteiger partial charge in [-0.3, -0.25) is 0 Å². The van der Waals surface area contributed by atoms with Gasteiger partial charge in [-0.15, -0.1) is 0 Å². The van der Waals surface area contributed by atoms with E-state index in [0.29, 0.717) is 0 Å². The van der Waals surface area contributed by atoms with Gasteiger partial charge in [0.15, 0.2) is 0 Å². The van der Waals surface area contributed by atoms with E-state index in [1.54, 1.807) is 13.8 Å². The van der Waals surface area contributed by atoms with Crippen molar-refractivity contribution in [2.75, 3.05) is 0 Å². The first-order valence-corrected chi connectivity index (χ1v) is 13.5. The molecule has 0 heterocycles. The Labute approximate surface area is 219 Å². The normalized spacial score (nSPS) is 7.94. The van der Waals surface area contributed by atoms with Crippen LogP contribution in [0.4, 0.5) is 0 Å². The molecule has 35 heavy (non-hydrogen) atoms. The van der Waals surface area contributed by atoms with Gasteiger partial charge in [-0.2, -0.15) is 0 Å². The Morgan fingerprint density at radius 1 is 0.371 bits per heavy atom. The predicted molar refractivity (Wildman–Crippen MR) is 156 cm³/mol. The molecule has 0 N–H and O–H groups in total. The molecular formula is C35H46. The van der Waals surface area contributed by atoms with Gasteiger partial charge in [0.2, 0.25) is 0 Å². The quantitative estimate of drug-likeness (QED) is 0.167. The summed E-state index contributed by atoms with van der Waals surface area (Å²) in [5.41, 5.74) is 0. The zero-order valence-electron chi connectivity index (χ0n) is 23.2. The molecule has 0 saturated carbocycles. The van der Waals surface area contributed by atoms with E-state index in [1.807, 2.05) is 0 Å². The van der Waals surface area contributed by atoms with Crippen LogP contribution < -0.4 is 0 Å². The largest absolute Gasteiger partial charge is 0.0925 e. The lowest BCUT2D eigenvalue weighted by molar-refractivity contribution is 0.502. The molecule has 0 aromatic carbocycles. The second-order valence-corrected chi connectivity index (χ2v) is 8.78. The Hall–Kier alpha value is -3.08. The Kier molecular flexibility index (Phi) is 32.2. The summed E-state index contributed by atoms with van der Waals surface area (Å²) >= 11 is 0. The standard InChI is InChI=1S/C19H40.C16H6/c1-4-5-6-7-8-9-10-11-12-13-14-15-16-17-18-19(2)3;1-3-5-7-9-11-13-15-16-14-12-10-8-6-4-2/h19H,4-18H2,1-3H3;1-2H3. The molecular weight excluding hydrogens is 420 g/mol. The molecule has 0 unspecified atom stereocenters. The smallest absolute Gasteiger partial charge is 0.0000000000143 e. The molecule has 0 aromatic rings. The molecule has 0 amide bonds. The van der Waals surface area contributed by atoms with Gasteiger partial charge in [0, 0.05) is 0 Å². The summed E-state index contributed by atoms with van der Waals surface area (Å²) in [6, 6.07) is 0. The first kappa shape index (κ1) is 34.1. The van der Waals surface area contributed by atoms with Crippen LogP contribution in [-0.2, 0) is 0 Å². The molecule has 0 nitrogen and oxygen atoms in total. The molecule has 0 aromatic heterocycles. The summed E-state index contributed by atoms with van der Waals surface area (Å²) in [5, 5.41) is 0. The van der Waals surface area contributed by atoms with Crippen LogP contribution in [0.3, 0.4) is 0 Å². The number of unbranched alkanes of at least 4 members (excludes halogenated alkanes) is 13. The molecule has 0 fully saturated rings. The Balaban J connectivity index is 0. The van der Waals surface area contributed by atoms with Crippen molar-refractivity contribution in [3.05, 3.63) is 0 Å². The first-order valence-electron chi connectivity index (χ1n) is 13.5. The molecule has 0 radical (unpaired) electrons. The van der Waals surface area contributed by atoms with E-state index >= 15 is 0 Å². The van der Waals surface area contributed by atoms with Crippen molar-refractivity contribution in [2.24, 2.45) is 5.92 Å². The topological polar surface area (TPSA) is 0 Å². The van der Waals surface area contributed by atoms with Crippen LogP contribution >= 0.6 is 0 Å². The minimum absolute atomic E-state index is 0.900. The average Bonchev–Trinajstić information content (AvgIpc) is 2.85. The maximum Gasteiger partial charge on any atom is -0.0000000000143 e. The van der Waals surface area contributed by atoms with Gasteiger partial charge >= 0.3 is 0 Å². The summed E-state index contributed by atoms with van der Waals surface area (Å²) in [4.78, 5) is 0. The molecule has 0 aliphatic carbocycles. The SMILES string of the molecule is CC#CC#CC#CC#CC#CC#CC#CC.CCCCCCCCCCCCCCCCC(C)C. The van der Waals surface area contributed by atoms with Crippen molar-refractivity contribution >= 4 is 0 Å². The minimum Gasteiger partial charge on any atom is -0.0925 e. The Morgan fingerprint density at radius 2 is 0.629 bits per heavy atom. The monoisotopic (exact) mass is 466 g/mol. The van der Waals surface area contributed by atoms with E-state index < -0.39 is 0 Å². The van der Waals surface area contributed by atoms with Gasteiger partial charge in [-0.1, -0.05) is 129 Å². The predicted octanol–water partition coefficient (Wildman–Crippen LogP) is 8.56. The Bertz CT molecular complexity index is 865. The highest BCUT2D eigenvalue weighted by Crippen LogP contribution is 2.14. The third-order valence-electron chi connectivity index (χ3n) is 5.07. The van der Waals surface area contributed by atoms with Crippen LogP contribution in [0.1, 0.15) is 131 Å². The summed E-state index contributed by atoms with van der Waals surface area (Å²) < 4.78 is 0. The zero-order chi connectivity index (χ0) is 26.1. The number of rotatable bonds is 15. The van der Waals surface area contributed by atoms with Crippen molar-refractivity contribution in [1.82, 2.24) is 0 Å². The van der Waals surface area contributed by atoms with E-state index in [4.69, 9.17) is 0 Å². The zero-order valence-corrected chi connectivity index (χ0v) is 23.2. The van der Waals surface area contributed by atoms with Gasteiger partial charge in [-0.05, 0) is 90.8 Å². The fraction of sp³-hybridized carbons (Fsp3) is 0.600. The molecule has 0 heteroatoms. The van der Waals surface area contributed by atoms with Crippen LogP contribution in [-0.4, -0.2) is 0 Å². The van der Waals surface area contributed by atoms with E-state index in [2.05, 4.69) is 104 Å². The van der Waals surface area contributed by atoms with Crippen LogP contribution in [0.5, 0.6) is 0 Å². The van der Waals surface area contributed by atoms with Crippen LogP contribution in [0.25, 0.3) is 0 Å². The lowest BCUT2D eigenvalue weighted by Gasteiger charge is -2.04. The highest BCUT2D eigenvalue weighted by atomic mass is 14.0. The lowest BCUT2D eigenvalue weighted by Crippen LogP contribution is -1.87. The maximum atomic E-state index is 2.63. The second-order valence-electron chi connectivity index (χ2n) is 8.78. The minimum atomic E-state index is 0.900. The summed E-state index contributed by atoms with van der Waals surface area (Å²) in [7, 11) is 0. The first-order chi connectivity index (χ1) is 17.2. The highest BCUT2D eigenvalue weighted by molar-refractivity contribution is 5.45. The van der Waals surface area contributed by atoms with Crippen molar-refractivity contribution in [3.63, 3.8) is 0 Å². The maximum absolute atomic E-state index is 2.63. The number of hydrogen-bond acceptors (Lipinski definition) is 0. The summed E-state index contributed by atoms with van der Waals surface area (Å²) in [6.45, 7) is 10.4. The van der Waals surface area contributed by atoms with E-state index in [0.717, 1.165) is 5.92 Å². The molecule has 186 valence electrons. The summed E-state index contributed by atoms with van der Waals surface area (Å²) in [6.07, 6.45) is 22.0.